The molecular weight excluding hydrogens is 96.0 g/mol. The van der Waals surface area contributed by atoms with Gasteiger partial charge in [0.05, 0.1) is 6.61 Å². The molecule has 0 aliphatic carbocycles. The van der Waals surface area contributed by atoms with E-state index in [9.17, 15) is 0 Å². The quantitative estimate of drug-likeness (QED) is 0.307. The molecule has 0 bridgehead atoms. The lowest BCUT2D eigenvalue weighted by atomic mass is 10.3. The summed E-state index contributed by atoms with van der Waals surface area (Å²) in [5.74, 6) is 0. The zero-order valence-corrected chi connectivity index (χ0v) is 4.13. The molecule has 0 aromatic carbocycles. The van der Waals surface area contributed by atoms with Crippen molar-refractivity contribution in [3.05, 3.63) is 0 Å². The summed E-state index contributed by atoms with van der Waals surface area (Å²) >= 11 is 0. The van der Waals surface area contributed by atoms with Gasteiger partial charge in [-0.05, 0) is 12.8 Å². The lowest BCUT2D eigenvalue weighted by Crippen LogP contribution is -1.90. The molecule has 0 saturated carbocycles. The summed E-state index contributed by atoms with van der Waals surface area (Å²) in [5, 5.41) is 15.9. The molecule has 7 heavy (non-hydrogen) atoms. The van der Waals surface area contributed by atoms with Gasteiger partial charge in [-0.3, -0.25) is 5.26 Å². The van der Waals surface area contributed by atoms with E-state index in [4.69, 9.17) is 10.4 Å². The maximum absolute atomic E-state index is 8.16. The molecule has 0 radical (unpaired) electrons. The Morgan fingerprint density at radius 1 is 1.29 bits per heavy atom. The van der Waals surface area contributed by atoms with Crippen molar-refractivity contribution >= 4 is 0 Å². The smallest absolute Gasteiger partial charge is 0.0820 e. The van der Waals surface area contributed by atoms with E-state index >= 15 is 0 Å². The first-order valence-corrected chi connectivity index (χ1v) is 2.29. The highest BCUT2D eigenvalue weighted by Crippen LogP contribution is 1.84. The third kappa shape index (κ3) is 5.88. The van der Waals surface area contributed by atoms with Crippen molar-refractivity contribution in [2.45, 2.75) is 12.8 Å². The molecule has 0 aromatic rings. The van der Waals surface area contributed by atoms with Crippen LogP contribution in [0.3, 0.4) is 0 Å². The Bertz CT molecular complexity index is 26.1. The summed E-state index contributed by atoms with van der Waals surface area (Å²) in [4.78, 5) is 3.73. The van der Waals surface area contributed by atoms with Crippen LogP contribution in [0.5, 0.6) is 0 Å². The van der Waals surface area contributed by atoms with E-state index in [1.165, 1.54) is 0 Å². The first-order chi connectivity index (χ1) is 3.41. The normalized spacial score (nSPS) is 9.43. The van der Waals surface area contributed by atoms with Crippen LogP contribution in [-0.2, 0) is 4.89 Å². The van der Waals surface area contributed by atoms with E-state index in [2.05, 4.69) is 4.89 Å². The van der Waals surface area contributed by atoms with Gasteiger partial charge in [0.25, 0.3) is 0 Å². The van der Waals surface area contributed by atoms with E-state index in [1.807, 2.05) is 0 Å². The van der Waals surface area contributed by atoms with Crippen LogP contribution >= 0.6 is 0 Å². The highest BCUT2D eigenvalue weighted by atomic mass is 17.1. The largest absolute Gasteiger partial charge is 0.396 e. The summed E-state index contributed by atoms with van der Waals surface area (Å²) in [5.41, 5.74) is 0. The van der Waals surface area contributed by atoms with Gasteiger partial charge < -0.3 is 5.11 Å². The molecule has 2 N–H and O–H groups in total. The second kappa shape index (κ2) is 5.88. The van der Waals surface area contributed by atoms with Crippen molar-refractivity contribution in [1.29, 1.82) is 0 Å². The standard InChI is InChI=1S/C4H10O3/c5-3-1-2-4-7-6/h5-6H,1-4H2. The average Bonchev–Trinajstić information content (AvgIpc) is 1.69. The van der Waals surface area contributed by atoms with Crippen molar-refractivity contribution in [1.82, 2.24) is 0 Å². The maximum Gasteiger partial charge on any atom is 0.0820 e. The fraction of sp³-hybridized carbons (Fsp3) is 1.00. The van der Waals surface area contributed by atoms with Crippen LogP contribution in [-0.4, -0.2) is 23.6 Å². The number of aliphatic hydroxyl groups is 1. The first-order valence-electron chi connectivity index (χ1n) is 2.29. The topological polar surface area (TPSA) is 49.7 Å². The van der Waals surface area contributed by atoms with Crippen molar-refractivity contribution in [3.63, 3.8) is 0 Å². The molecule has 0 amide bonds. The van der Waals surface area contributed by atoms with Gasteiger partial charge in [0, 0.05) is 6.61 Å². The van der Waals surface area contributed by atoms with Crippen LogP contribution in [0.25, 0.3) is 0 Å². The van der Waals surface area contributed by atoms with Crippen LogP contribution in [0.1, 0.15) is 12.8 Å². The lowest BCUT2D eigenvalue weighted by Gasteiger charge is -1.90. The van der Waals surface area contributed by atoms with Crippen LogP contribution < -0.4 is 0 Å². The maximum atomic E-state index is 8.16. The summed E-state index contributed by atoms with van der Waals surface area (Å²) in [6.45, 7) is 0.490. The third-order valence-electron chi connectivity index (χ3n) is 0.644. The minimum absolute atomic E-state index is 0.170. The van der Waals surface area contributed by atoms with Crippen molar-refractivity contribution in [2.75, 3.05) is 13.2 Å². The van der Waals surface area contributed by atoms with E-state index in [0.717, 1.165) is 0 Å². The van der Waals surface area contributed by atoms with Crippen molar-refractivity contribution < 1.29 is 15.3 Å². The third-order valence-corrected chi connectivity index (χ3v) is 0.644. The van der Waals surface area contributed by atoms with E-state index in [0.29, 0.717) is 19.4 Å². The lowest BCUT2D eigenvalue weighted by molar-refractivity contribution is -0.242. The highest BCUT2D eigenvalue weighted by Gasteiger charge is 1.82. The number of unbranched alkanes of at least 4 members (excludes halogenated alkanes) is 1. The monoisotopic (exact) mass is 106 g/mol. The molecule has 0 aliphatic heterocycles. The summed E-state index contributed by atoms with van der Waals surface area (Å²) < 4.78 is 0. The first kappa shape index (κ1) is 6.88. The molecule has 0 spiro atoms. The molecule has 0 atom stereocenters. The molecule has 0 aliphatic rings. The summed E-state index contributed by atoms with van der Waals surface area (Å²) in [6.07, 6.45) is 1.41. The van der Waals surface area contributed by atoms with Crippen molar-refractivity contribution in [2.24, 2.45) is 0 Å². The number of hydrogen-bond acceptors (Lipinski definition) is 3. The zero-order valence-electron chi connectivity index (χ0n) is 4.13. The van der Waals surface area contributed by atoms with Gasteiger partial charge in [0.15, 0.2) is 0 Å². The number of rotatable bonds is 4. The molecule has 0 aromatic heterocycles. The molecule has 0 heterocycles. The molecule has 0 saturated heterocycles. The number of aliphatic hydroxyl groups excluding tert-OH is 1. The van der Waals surface area contributed by atoms with E-state index < -0.39 is 0 Å². The van der Waals surface area contributed by atoms with Gasteiger partial charge in [-0.25, -0.2) is 4.89 Å². The molecule has 44 valence electrons. The van der Waals surface area contributed by atoms with Gasteiger partial charge in [0.1, 0.15) is 0 Å². The summed E-state index contributed by atoms with van der Waals surface area (Å²) in [6, 6.07) is 0. The van der Waals surface area contributed by atoms with Gasteiger partial charge in [0.2, 0.25) is 0 Å². The van der Waals surface area contributed by atoms with Gasteiger partial charge >= 0.3 is 0 Å². The Kier molecular flexibility index (Phi) is 5.78. The Morgan fingerprint density at radius 3 is 2.43 bits per heavy atom. The SMILES string of the molecule is OCCCCOO. The predicted molar refractivity (Wildman–Crippen MR) is 24.9 cm³/mol. The Balaban J connectivity index is 2.45. The van der Waals surface area contributed by atoms with Crippen LogP contribution in [0.15, 0.2) is 0 Å². The predicted octanol–water partition coefficient (Wildman–Crippen LogP) is 0.248. The average molecular weight is 106 g/mol. The molecular formula is C4H10O3. The molecule has 3 nitrogen and oxygen atoms in total. The molecule has 0 fully saturated rings. The van der Waals surface area contributed by atoms with E-state index in [1.54, 1.807) is 0 Å². The zero-order chi connectivity index (χ0) is 5.54. The minimum atomic E-state index is 0.170. The van der Waals surface area contributed by atoms with Gasteiger partial charge in [-0.2, -0.15) is 0 Å². The summed E-state index contributed by atoms with van der Waals surface area (Å²) in [7, 11) is 0. The molecule has 0 unspecified atom stereocenters. The van der Waals surface area contributed by atoms with Crippen LogP contribution in [0.2, 0.25) is 0 Å². The van der Waals surface area contributed by atoms with Gasteiger partial charge in [-0.1, -0.05) is 0 Å². The van der Waals surface area contributed by atoms with Crippen LogP contribution in [0, 0.1) is 0 Å². The number of hydrogen-bond donors (Lipinski definition) is 2. The Hall–Kier alpha value is -0.120. The van der Waals surface area contributed by atoms with Crippen LogP contribution in [0.4, 0.5) is 0 Å². The van der Waals surface area contributed by atoms with E-state index in [-0.39, 0.29) is 6.61 Å². The second-order valence-corrected chi connectivity index (χ2v) is 1.26. The second-order valence-electron chi connectivity index (χ2n) is 1.26. The fourth-order valence-electron chi connectivity index (χ4n) is 0.278. The minimum Gasteiger partial charge on any atom is -0.396 e. The van der Waals surface area contributed by atoms with Crippen molar-refractivity contribution in [3.8, 4) is 0 Å². The Labute approximate surface area is 42.5 Å². The van der Waals surface area contributed by atoms with Gasteiger partial charge in [-0.15, -0.1) is 0 Å². The fourth-order valence-corrected chi connectivity index (χ4v) is 0.278. The Morgan fingerprint density at radius 2 is 2.00 bits per heavy atom. The molecule has 0 rings (SSSR count). The highest BCUT2D eigenvalue weighted by molar-refractivity contribution is 4.31. The molecule has 3 heteroatoms.